The molecule has 0 spiro atoms. The molecule has 0 fully saturated rings. The van der Waals surface area contributed by atoms with Crippen LogP contribution in [0.4, 0.5) is 10.1 Å². The number of ether oxygens (including phenoxy) is 1. The van der Waals surface area contributed by atoms with Gasteiger partial charge in [0, 0.05) is 35.4 Å². The Morgan fingerprint density at radius 2 is 2.05 bits per heavy atom. The van der Waals surface area contributed by atoms with Crippen LogP contribution in [0.3, 0.4) is 0 Å². The van der Waals surface area contributed by atoms with Crippen molar-refractivity contribution in [3.05, 3.63) is 71.0 Å². The van der Waals surface area contributed by atoms with Gasteiger partial charge in [-0.15, -0.1) is 0 Å². The lowest BCUT2D eigenvalue weighted by Gasteiger charge is -2.25. The zero-order chi connectivity index (χ0) is 15.4. The summed E-state index contributed by atoms with van der Waals surface area (Å²) in [6, 6.07) is 12.5. The van der Waals surface area contributed by atoms with Crippen LogP contribution in [0.15, 0.2) is 54.6 Å². The van der Waals surface area contributed by atoms with Crippen LogP contribution >= 0.6 is 11.6 Å². The summed E-state index contributed by atoms with van der Waals surface area (Å²) in [5.41, 5.74) is 1.62. The maximum absolute atomic E-state index is 13.7. The highest BCUT2D eigenvalue weighted by atomic mass is 35.5. The SMILES string of the molecule is Fc1cc(Cl)ccc1COc1cccc(N2CC=CCC2)c1. The minimum absolute atomic E-state index is 0.187. The van der Waals surface area contributed by atoms with E-state index in [1.54, 1.807) is 12.1 Å². The van der Waals surface area contributed by atoms with Crippen LogP contribution in [-0.2, 0) is 6.61 Å². The molecule has 0 saturated carbocycles. The van der Waals surface area contributed by atoms with E-state index in [0.29, 0.717) is 10.6 Å². The van der Waals surface area contributed by atoms with Crippen LogP contribution in [0, 0.1) is 5.82 Å². The lowest BCUT2D eigenvalue weighted by molar-refractivity contribution is 0.300. The first-order valence-electron chi connectivity index (χ1n) is 7.29. The van der Waals surface area contributed by atoms with Crippen molar-refractivity contribution in [2.75, 3.05) is 18.0 Å². The number of halogens is 2. The Kier molecular flexibility index (Phi) is 4.64. The quantitative estimate of drug-likeness (QED) is 0.749. The predicted octanol–water partition coefficient (Wildman–Crippen LogP) is 4.82. The summed E-state index contributed by atoms with van der Waals surface area (Å²) < 4.78 is 19.5. The molecule has 0 radical (unpaired) electrons. The molecule has 0 bridgehead atoms. The van der Waals surface area contributed by atoms with Crippen LogP contribution in [0.1, 0.15) is 12.0 Å². The van der Waals surface area contributed by atoms with Crippen molar-refractivity contribution in [3.8, 4) is 5.75 Å². The molecule has 1 aliphatic heterocycles. The Morgan fingerprint density at radius 1 is 1.14 bits per heavy atom. The monoisotopic (exact) mass is 317 g/mol. The second-order valence-corrected chi connectivity index (χ2v) is 5.66. The molecule has 114 valence electrons. The molecule has 3 rings (SSSR count). The average Bonchev–Trinajstić information content (AvgIpc) is 2.55. The number of rotatable bonds is 4. The molecule has 0 atom stereocenters. The lowest BCUT2D eigenvalue weighted by Crippen LogP contribution is -2.26. The molecule has 0 aromatic heterocycles. The first kappa shape index (κ1) is 14.9. The van der Waals surface area contributed by atoms with Gasteiger partial charge < -0.3 is 9.64 Å². The van der Waals surface area contributed by atoms with Crippen molar-refractivity contribution in [1.82, 2.24) is 0 Å². The lowest BCUT2D eigenvalue weighted by atomic mass is 10.2. The van der Waals surface area contributed by atoms with Gasteiger partial charge >= 0.3 is 0 Å². The molecule has 0 N–H and O–H groups in total. The van der Waals surface area contributed by atoms with Gasteiger partial charge in [0.05, 0.1) is 0 Å². The average molecular weight is 318 g/mol. The van der Waals surface area contributed by atoms with Crippen LogP contribution in [-0.4, -0.2) is 13.1 Å². The minimum atomic E-state index is -0.343. The summed E-state index contributed by atoms with van der Waals surface area (Å²) in [6.45, 7) is 2.10. The normalized spacial score (nSPS) is 14.2. The van der Waals surface area contributed by atoms with Gasteiger partial charge in [-0.2, -0.15) is 0 Å². The molecule has 1 heterocycles. The summed E-state index contributed by atoms with van der Waals surface area (Å²) in [5.74, 6) is 0.395. The minimum Gasteiger partial charge on any atom is -0.489 e. The van der Waals surface area contributed by atoms with Gasteiger partial charge in [0.2, 0.25) is 0 Å². The number of benzene rings is 2. The summed E-state index contributed by atoms with van der Waals surface area (Å²) in [6.07, 6.45) is 5.42. The van der Waals surface area contributed by atoms with Crippen molar-refractivity contribution in [2.24, 2.45) is 0 Å². The van der Waals surface area contributed by atoms with E-state index in [0.717, 1.165) is 30.9 Å². The highest BCUT2D eigenvalue weighted by Crippen LogP contribution is 2.24. The number of hydrogen-bond donors (Lipinski definition) is 0. The van der Waals surface area contributed by atoms with Crippen molar-refractivity contribution < 1.29 is 9.13 Å². The van der Waals surface area contributed by atoms with E-state index < -0.39 is 0 Å². The highest BCUT2D eigenvalue weighted by molar-refractivity contribution is 6.30. The summed E-state index contributed by atoms with van der Waals surface area (Å²) in [5, 5.41) is 0.390. The molecule has 4 heteroatoms. The van der Waals surface area contributed by atoms with Gasteiger partial charge in [-0.05, 0) is 30.7 Å². The first-order valence-corrected chi connectivity index (χ1v) is 7.67. The van der Waals surface area contributed by atoms with Crippen molar-refractivity contribution >= 4 is 17.3 Å². The topological polar surface area (TPSA) is 12.5 Å². The molecule has 2 nitrogen and oxygen atoms in total. The standard InChI is InChI=1S/C18H17ClFNO/c19-15-8-7-14(18(20)11-15)13-22-17-6-4-5-16(12-17)21-9-2-1-3-10-21/h1-2,4-8,11-12H,3,9-10,13H2. The van der Waals surface area contributed by atoms with Crippen molar-refractivity contribution in [1.29, 1.82) is 0 Å². The summed E-state index contributed by atoms with van der Waals surface area (Å²) in [7, 11) is 0. The third-order valence-electron chi connectivity index (χ3n) is 3.65. The van der Waals surface area contributed by atoms with E-state index in [9.17, 15) is 4.39 Å². The zero-order valence-electron chi connectivity index (χ0n) is 12.1. The van der Waals surface area contributed by atoms with E-state index in [1.165, 1.54) is 6.07 Å². The maximum Gasteiger partial charge on any atom is 0.131 e. The molecule has 0 saturated heterocycles. The smallest absolute Gasteiger partial charge is 0.131 e. The van der Waals surface area contributed by atoms with Gasteiger partial charge in [0.25, 0.3) is 0 Å². The Bertz CT molecular complexity index is 687. The van der Waals surface area contributed by atoms with Crippen LogP contribution in [0.25, 0.3) is 0 Å². The number of nitrogens with zero attached hydrogens (tertiary/aromatic N) is 1. The number of anilines is 1. The molecule has 0 amide bonds. The maximum atomic E-state index is 13.7. The molecule has 2 aromatic carbocycles. The highest BCUT2D eigenvalue weighted by Gasteiger charge is 2.09. The van der Waals surface area contributed by atoms with Gasteiger partial charge in [-0.1, -0.05) is 35.9 Å². The van der Waals surface area contributed by atoms with Crippen LogP contribution in [0.5, 0.6) is 5.75 Å². The molecular weight excluding hydrogens is 301 g/mol. The summed E-state index contributed by atoms with van der Waals surface area (Å²) >= 11 is 5.75. The Morgan fingerprint density at radius 3 is 2.82 bits per heavy atom. The van der Waals surface area contributed by atoms with Crippen molar-refractivity contribution in [2.45, 2.75) is 13.0 Å². The van der Waals surface area contributed by atoms with Crippen LogP contribution < -0.4 is 9.64 Å². The van der Waals surface area contributed by atoms with E-state index in [2.05, 4.69) is 23.1 Å². The van der Waals surface area contributed by atoms with Crippen molar-refractivity contribution in [3.63, 3.8) is 0 Å². The molecule has 0 unspecified atom stereocenters. The van der Waals surface area contributed by atoms with E-state index in [4.69, 9.17) is 16.3 Å². The summed E-state index contributed by atoms with van der Waals surface area (Å²) in [4.78, 5) is 2.29. The Balaban J connectivity index is 1.69. The van der Waals surface area contributed by atoms with Gasteiger partial charge in [-0.25, -0.2) is 4.39 Å². The first-order chi connectivity index (χ1) is 10.7. The largest absolute Gasteiger partial charge is 0.489 e. The van der Waals surface area contributed by atoms with E-state index >= 15 is 0 Å². The third kappa shape index (κ3) is 3.60. The zero-order valence-corrected chi connectivity index (χ0v) is 12.9. The second kappa shape index (κ2) is 6.84. The molecule has 0 aliphatic carbocycles. The molecule has 1 aliphatic rings. The van der Waals surface area contributed by atoms with E-state index in [1.807, 2.05) is 18.2 Å². The third-order valence-corrected chi connectivity index (χ3v) is 3.89. The van der Waals surface area contributed by atoms with Gasteiger partial charge in [0.15, 0.2) is 0 Å². The Labute approximate surface area is 134 Å². The fraction of sp³-hybridized carbons (Fsp3) is 0.222. The van der Waals surface area contributed by atoms with Gasteiger partial charge in [-0.3, -0.25) is 0 Å². The Hall–Kier alpha value is -2.00. The fourth-order valence-corrected chi connectivity index (χ4v) is 2.60. The second-order valence-electron chi connectivity index (χ2n) is 5.23. The molecular formula is C18H17ClFNO. The molecule has 22 heavy (non-hydrogen) atoms. The van der Waals surface area contributed by atoms with E-state index in [-0.39, 0.29) is 12.4 Å². The fourth-order valence-electron chi connectivity index (χ4n) is 2.45. The van der Waals surface area contributed by atoms with Gasteiger partial charge in [0.1, 0.15) is 18.2 Å². The predicted molar refractivity (Wildman–Crippen MR) is 88.2 cm³/mol. The number of hydrogen-bond acceptors (Lipinski definition) is 2. The van der Waals surface area contributed by atoms with Crippen LogP contribution in [0.2, 0.25) is 5.02 Å². The molecule has 2 aromatic rings.